The van der Waals surface area contributed by atoms with E-state index < -0.39 is 35.0 Å². The number of carboxylic acids is 1. The lowest BCUT2D eigenvalue weighted by molar-refractivity contribution is -0.150. The molecule has 1 aromatic heterocycles. The molecule has 1 saturated heterocycles. The first-order valence-electron chi connectivity index (χ1n) is 8.54. The second-order valence-corrected chi connectivity index (χ2v) is 8.98. The van der Waals surface area contributed by atoms with Gasteiger partial charge in [0.05, 0.1) is 0 Å². The van der Waals surface area contributed by atoms with Crippen molar-refractivity contribution in [3.8, 4) is 0 Å². The number of anilines is 1. The third-order valence-corrected chi connectivity index (χ3v) is 7.24. The van der Waals surface area contributed by atoms with Crippen molar-refractivity contribution >= 4 is 63.5 Å². The molecular weight excluding hydrogens is 471 g/mol. The number of aliphatic carboxylic acids is 1. The van der Waals surface area contributed by atoms with E-state index in [0.717, 1.165) is 33.4 Å². The maximum atomic E-state index is 13.3. The first-order chi connectivity index (χ1) is 14.8. The van der Waals surface area contributed by atoms with E-state index in [0.29, 0.717) is 4.91 Å². The molecule has 2 aliphatic heterocycles. The number of aromatic nitrogens is 1. The Labute approximate surface area is 187 Å². The molecule has 0 saturated carbocycles. The number of amides is 2. The number of nitrogens with zero attached hydrogens (tertiary/aromatic N) is 3. The minimum Gasteiger partial charge on any atom is -0.477 e. The fourth-order valence-electron chi connectivity index (χ4n) is 2.77. The fraction of sp³-hybridized carbons (Fsp3) is 0.312. The summed E-state index contributed by atoms with van der Waals surface area (Å²) in [5.41, 5.74) is 10.5. The van der Waals surface area contributed by atoms with Crippen LogP contribution in [0.5, 0.6) is 0 Å². The predicted octanol–water partition coefficient (Wildman–Crippen LogP) is 0.275. The number of oxime groups is 1. The lowest BCUT2D eigenvalue weighted by atomic mass is 10.0. The van der Waals surface area contributed by atoms with Gasteiger partial charge in [-0.2, -0.15) is 0 Å². The first-order valence-corrected chi connectivity index (χ1v) is 11.3. The number of hydrogen-bond acceptors (Lipinski definition) is 11. The van der Waals surface area contributed by atoms with Crippen LogP contribution in [0, 0.1) is 0 Å². The second-order valence-electron chi connectivity index (χ2n) is 6.02. The van der Waals surface area contributed by atoms with Gasteiger partial charge in [0.15, 0.2) is 10.8 Å². The molecule has 11 nitrogen and oxygen atoms in total. The SMILES string of the molecule is CO/N=C(\C(=O)NC1C(=O)N2C(C(=O)O)=C(S/C=C(\F)CN)CS[C@H]12)c1csc(N)n1. The smallest absolute Gasteiger partial charge is 0.353 e. The topological polar surface area (TPSA) is 173 Å². The molecule has 0 aromatic carbocycles. The molecule has 2 aliphatic rings. The number of nitrogen functional groups attached to an aromatic ring is 1. The Kier molecular flexibility index (Phi) is 7.19. The van der Waals surface area contributed by atoms with Crippen molar-refractivity contribution in [2.45, 2.75) is 11.4 Å². The zero-order valence-electron chi connectivity index (χ0n) is 15.9. The van der Waals surface area contributed by atoms with E-state index in [1.165, 1.54) is 24.3 Å². The van der Waals surface area contributed by atoms with Gasteiger partial charge in [0.2, 0.25) is 0 Å². The van der Waals surface area contributed by atoms with Crippen molar-refractivity contribution in [2.75, 3.05) is 25.1 Å². The van der Waals surface area contributed by atoms with Crippen LogP contribution in [0.1, 0.15) is 5.69 Å². The Bertz CT molecular complexity index is 1010. The molecule has 0 aliphatic carbocycles. The van der Waals surface area contributed by atoms with Gasteiger partial charge in [0.25, 0.3) is 11.8 Å². The molecule has 2 amide bonds. The Morgan fingerprint density at radius 3 is 2.90 bits per heavy atom. The van der Waals surface area contributed by atoms with E-state index in [9.17, 15) is 23.9 Å². The van der Waals surface area contributed by atoms with Gasteiger partial charge in [-0.15, -0.1) is 23.1 Å². The molecule has 0 bridgehead atoms. The van der Waals surface area contributed by atoms with Crippen molar-refractivity contribution in [3.63, 3.8) is 0 Å². The summed E-state index contributed by atoms with van der Waals surface area (Å²) in [5, 5.41) is 18.0. The number of thiazole rings is 1. The molecule has 1 aromatic rings. The monoisotopic (exact) mass is 488 g/mol. The third-order valence-electron chi connectivity index (χ3n) is 4.11. The molecule has 3 heterocycles. The minimum atomic E-state index is -1.33. The molecule has 15 heteroatoms. The molecule has 166 valence electrons. The van der Waals surface area contributed by atoms with Crippen LogP contribution in [-0.2, 0) is 19.2 Å². The van der Waals surface area contributed by atoms with Crippen LogP contribution in [0.25, 0.3) is 0 Å². The maximum absolute atomic E-state index is 13.3. The van der Waals surface area contributed by atoms with E-state index in [-0.39, 0.29) is 34.5 Å². The average Bonchev–Trinajstić information content (AvgIpc) is 3.18. The molecule has 0 spiro atoms. The minimum absolute atomic E-state index is 0.171. The number of carboxylic acid groups (broad SMARTS) is 1. The van der Waals surface area contributed by atoms with Gasteiger partial charge in [-0.1, -0.05) is 16.9 Å². The summed E-state index contributed by atoms with van der Waals surface area (Å²) >= 11 is 3.20. The highest BCUT2D eigenvalue weighted by molar-refractivity contribution is 8.08. The number of halogens is 1. The van der Waals surface area contributed by atoms with Gasteiger partial charge in [-0.3, -0.25) is 14.5 Å². The zero-order chi connectivity index (χ0) is 22.7. The summed E-state index contributed by atoms with van der Waals surface area (Å²) in [6, 6.07) is -0.979. The van der Waals surface area contributed by atoms with Gasteiger partial charge >= 0.3 is 5.97 Å². The molecule has 1 fully saturated rings. The van der Waals surface area contributed by atoms with E-state index in [2.05, 4.69) is 15.5 Å². The summed E-state index contributed by atoms with van der Waals surface area (Å²) in [4.78, 5) is 47.2. The summed E-state index contributed by atoms with van der Waals surface area (Å²) in [6.45, 7) is -0.314. The molecule has 2 atom stereocenters. The van der Waals surface area contributed by atoms with Crippen LogP contribution in [-0.4, -0.2) is 69.3 Å². The second kappa shape index (κ2) is 9.67. The predicted molar refractivity (Wildman–Crippen MR) is 116 cm³/mol. The van der Waals surface area contributed by atoms with Crippen LogP contribution in [0.4, 0.5) is 9.52 Å². The lowest BCUT2D eigenvalue weighted by Gasteiger charge is -2.49. The van der Waals surface area contributed by atoms with Gasteiger partial charge in [-0.25, -0.2) is 14.2 Å². The van der Waals surface area contributed by atoms with Crippen LogP contribution in [0.2, 0.25) is 0 Å². The van der Waals surface area contributed by atoms with Crippen LogP contribution in [0.15, 0.2) is 32.4 Å². The number of carbonyl (C=O) groups is 3. The van der Waals surface area contributed by atoms with Crippen molar-refractivity contribution in [2.24, 2.45) is 10.9 Å². The highest BCUT2D eigenvalue weighted by Crippen LogP contribution is 2.43. The van der Waals surface area contributed by atoms with Crippen LogP contribution in [0.3, 0.4) is 0 Å². The summed E-state index contributed by atoms with van der Waals surface area (Å²) < 4.78 is 13.3. The molecular formula is C16H17FN6O5S3. The first kappa shape index (κ1) is 23.1. The van der Waals surface area contributed by atoms with E-state index in [1.807, 2.05) is 0 Å². The van der Waals surface area contributed by atoms with Crippen molar-refractivity contribution < 1.29 is 28.7 Å². The Morgan fingerprint density at radius 2 is 2.32 bits per heavy atom. The molecule has 0 radical (unpaired) electrons. The number of nitrogens with two attached hydrogens (primary N) is 2. The Morgan fingerprint density at radius 1 is 1.58 bits per heavy atom. The average molecular weight is 489 g/mol. The third kappa shape index (κ3) is 4.68. The summed E-state index contributed by atoms with van der Waals surface area (Å²) in [5.74, 6) is -3.06. The van der Waals surface area contributed by atoms with E-state index in [1.54, 1.807) is 0 Å². The standard InChI is InChI=1S/C16H17FN6O5S3/c1-28-22-9(7-4-31-16(19)20-7)12(24)21-10-13(25)23-11(15(26)27)8(5-30-14(10)23)29-3-6(17)2-18/h3-4,10,14H,2,5,18H2,1H3,(H2,19,20)(H,21,24)(H,26,27)/b6-3-,22-9-/t10?,14-/m1/s1. The Hall–Kier alpha value is -2.62. The number of rotatable bonds is 8. The highest BCUT2D eigenvalue weighted by Gasteiger charge is 2.54. The van der Waals surface area contributed by atoms with E-state index in [4.69, 9.17) is 16.3 Å². The molecule has 31 heavy (non-hydrogen) atoms. The van der Waals surface area contributed by atoms with Gasteiger partial charge < -0.3 is 26.7 Å². The summed E-state index contributed by atoms with van der Waals surface area (Å²) in [7, 11) is 1.25. The molecule has 6 N–H and O–H groups in total. The van der Waals surface area contributed by atoms with Crippen LogP contribution < -0.4 is 16.8 Å². The van der Waals surface area contributed by atoms with Crippen LogP contribution >= 0.6 is 34.9 Å². The van der Waals surface area contributed by atoms with Crippen molar-refractivity contribution in [1.29, 1.82) is 0 Å². The normalized spacial score (nSPS) is 21.5. The van der Waals surface area contributed by atoms with Gasteiger partial charge in [0, 0.05) is 28.0 Å². The largest absolute Gasteiger partial charge is 0.477 e. The number of carbonyl (C=O) groups excluding carboxylic acids is 2. The quantitative estimate of drug-likeness (QED) is 0.226. The van der Waals surface area contributed by atoms with Crippen molar-refractivity contribution in [1.82, 2.24) is 15.2 Å². The number of nitrogens with one attached hydrogen (secondary N) is 1. The fourth-order valence-corrected chi connectivity index (χ4v) is 5.65. The van der Waals surface area contributed by atoms with E-state index >= 15 is 0 Å². The van der Waals surface area contributed by atoms with Crippen molar-refractivity contribution in [3.05, 3.63) is 32.9 Å². The molecule has 1 unspecified atom stereocenters. The number of thioether (sulfide) groups is 2. The molecule has 3 rings (SSSR count). The number of β-lactam (4-membered cyclic amide) rings is 1. The number of fused-ring (bicyclic) bond motifs is 1. The zero-order valence-corrected chi connectivity index (χ0v) is 18.4. The summed E-state index contributed by atoms with van der Waals surface area (Å²) in [6.07, 6.45) is 0. The lowest BCUT2D eigenvalue weighted by Crippen LogP contribution is -2.71. The van der Waals surface area contributed by atoms with Gasteiger partial charge in [-0.05, 0) is 0 Å². The number of hydrogen-bond donors (Lipinski definition) is 4. The maximum Gasteiger partial charge on any atom is 0.353 e. The van der Waals surface area contributed by atoms with Gasteiger partial charge in [0.1, 0.15) is 35.7 Å². The highest BCUT2D eigenvalue weighted by atomic mass is 32.2. The Balaban J connectivity index is 1.78.